The van der Waals surface area contributed by atoms with Crippen LogP contribution >= 0.6 is 0 Å². The lowest BCUT2D eigenvalue weighted by Gasteiger charge is -2.47. The fourth-order valence-electron chi connectivity index (χ4n) is 2.38. The summed E-state index contributed by atoms with van der Waals surface area (Å²) < 4.78 is 5.04. The number of hydrogen-bond donors (Lipinski definition) is 0. The van der Waals surface area contributed by atoms with Gasteiger partial charge in [0.05, 0.1) is 13.2 Å². The van der Waals surface area contributed by atoms with Gasteiger partial charge >= 0.3 is 0 Å². The number of nitrogens with zero attached hydrogens (tertiary/aromatic N) is 2. The molecule has 15 heavy (non-hydrogen) atoms. The summed E-state index contributed by atoms with van der Waals surface area (Å²) in [7, 11) is 1.73. The predicted molar refractivity (Wildman–Crippen MR) is 62.7 cm³/mol. The molecule has 3 heteroatoms. The topological polar surface area (TPSA) is 26.6 Å². The Morgan fingerprint density at radius 1 is 1.53 bits per heavy atom. The molecule has 0 aromatic rings. The van der Waals surface area contributed by atoms with Crippen LogP contribution in [0.1, 0.15) is 40.0 Å². The average Bonchev–Trinajstić information content (AvgIpc) is 2.24. The molecule has 0 bridgehead atoms. The van der Waals surface area contributed by atoms with E-state index in [4.69, 9.17) is 4.74 Å². The average molecular weight is 213 g/mol. The third-order valence-electron chi connectivity index (χ3n) is 3.94. The van der Waals surface area contributed by atoms with Crippen molar-refractivity contribution < 1.29 is 4.74 Å². The van der Waals surface area contributed by atoms with E-state index in [9.17, 15) is 0 Å². The zero-order chi connectivity index (χ0) is 11.3. The summed E-state index contributed by atoms with van der Waals surface area (Å²) >= 11 is 0. The molecular formula is C12H25N2O. The first-order chi connectivity index (χ1) is 7.15. The van der Waals surface area contributed by atoms with Crippen molar-refractivity contribution in [1.82, 2.24) is 10.4 Å². The number of methoxy groups -OCH3 is 1. The first kappa shape index (κ1) is 12.9. The molecule has 0 aliphatic carbocycles. The Hall–Kier alpha value is -0.120. The summed E-state index contributed by atoms with van der Waals surface area (Å²) in [6, 6.07) is 0. The van der Waals surface area contributed by atoms with Crippen molar-refractivity contribution in [3.63, 3.8) is 0 Å². The van der Waals surface area contributed by atoms with Gasteiger partial charge in [0.25, 0.3) is 0 Å². The maximum absolute atomic E-state index is 5.04. The van der Waals surface area contributed by atoms with Crippen molar-refractivity contribution in [2.45, 2.75) is 45.6 Å². The quantitative estimate of drug-likeness (QED) is 0.653. The van der Waals surface area contributed by atoms with E-state index in [0.717, 1.165) is 25.6 Å². The molecule has 1 fully saturated rings. The molecular weight excluding hydrogens is 188 g/mol. The molecule has 0 aromatic carbocycles. The van der Waals surface area contributed by atoms with Crippen molar-refractivity contribution in [1.29, 1.82) is 0 Å². The monoisotopic (exact) mass is 213 g/mol. The molecule has 1 heterocycles. The van der Waals surface area contributed by atoms with Crippen LogP contribution in [-0.4, -0.2) is 37.4 Å². The predicted octanol–water partition coefficient (Wildman–Crippen LogP) is 2.05. The molecule has 0 aromatic heterocycles. The second-order valence-electron chi connectivity index (χ2n) is 4.73. The van der Waals surface area contributed by atoms with Gasteiger partial charge in [0.1, 0.15) is 0 Å². The maximum atomic E-state index is 5.04. The molecule has 1 aliphatic rings. The van der Waals surface area contributed by atoms with Gasteiger partial charge in [-0.2, -0.15) is 5.43 Å². The zero-order valence-corrected chi connectivity index (χ0v) is 10.6. The molecule has 0 N–H and O–H groups in total. The van der Waals surface area contributed by atoms with Crippen molar-refractivity contribution in [3.05, 3.63) is 0 Å². The van der Waals surface area contributed by atoms with Gasteiger partial charge in [-0.25, -0.2) is 5.01 Å². The first-order valence-corrected chi connectivity index (χ1v) is 6.09. The van der Waals surface area contributed by atoms with Gasteiger partial charge in [-0.3, -0.25) is 0 Å². The van der Waals surface area contributed by atoms with Crippen LogP contribution in [0.5, 0.6) is 0 Å². The van der Waals surface area contributed by atoms with Crippen molar-refractivity contribution in [2.24, 2.45) is 5.92 Å². The number of rotatable bonds is 5. The molecule has 1 aliphatic heterocycles. The zero-order valence-electron chi connectivity index (χ0n) is 10.6. The minimum atomic E-state index is 0.256. The van der Waals surface area contributed by atoms with Crippen LogP contribution in [0.3, 0.4) is 0 Å². The van der Waals surface area contributed by atoms with Gasteiger partial charge < -0.3 is 4.74 Å². The second kappa shape index (κ2) is 5.83. The Labute approximate surface area is 94.1 Å². The van der Waals surface area contributed by atoms with E-state index in [2.05, 4.69) is 31.2 Å². The van der Waals surface area contributed by atoms with Gasteiger partial charge in [-0.05, 0) is 32.1 Å². The van der Waals surface area contributed by atoms with E-state index in [1.807, 2.05) is 0 Å². The van der Waals surface area contributed by atoms with Crippen LogP contribution in [-0.2, 0) is 4.74 Å². The molecule has 1 saturated heterocycles. The summed E-state index contributed by atoms with van der Waals surface area (Å²) in [6.45, 7) is 9.58. The van der Waals surface area contributed by atoms with Crippen LogP contribution in [0.15, 0.2) is 0 Å². The summed E-state index contributed by atoms with van der Waals surface area (Å²) in [5, 5.41) is 2.31. The van der Waals surface area contributed by atoms with Crippen LogP contribution in [0.4, 0.5) is 0 Å². The molecule has 2 atom stereocenters. The van der Waals surface area contributed by atoms with Gasteiger partial charge in [-0.1, -0.05) is 13.8 Å². The summed E-state index contributed by atoms with van der Waals surface area (Å²) in [5.41, 5.74) is 4.91. The highest BCUT2D eigenvalue weighted by Gasteiger charge is 2.38. The normalized spacial score (nSPS) is 33.2. The van der Waals surface area contributed by atoms with Crippen LogP contribution in [0, 0.1) is 5.92 Å². The van der Waals surface area contributed by atoms with Crippen molar-refractivity contribution in [2.75, 3.05) is 26.8 Å². The summed E-state index contributed by atoms with van der Waals surface area (Å²) in [6.07, 6.45) is 3.78. The molecule has 0 amide bonds. The number of ether oxygens (including phenoxy) is 1. The van der Waals surface area contributed by atoms with Crippen LogP contribution in [0.2, 0.25) is 0 Å². The van der Waals surface area contributed by atoms with E-state index < -0.39 is 0 Å². The summed E-state index contributed by atoms with van der Waals surface area (Å²) in [5.74, 6) is 0.738. The van der Waals surface area contributed by atoms with Gasteiger partial charge in [-0.15, -0.1) is 0 Å². The fraction of sp³-hybridized carbons (Fsp3) is 1.00. The van der Waals surface area contributed by atoms with Gasteiger partial charge in [0.2, 0.25) is 0 Å². The van der Waals surface area contributed by atoms with E-state index in [1.54, 1.807) is 7.11 Å². The highest BCUT2D eigenvalue weighted by molar-refractivity contribution is 4.91. The lowest BCUT2D eigenvalue weighted by molar-refractivity contribution is -0.0376. The standard InChI is InChI=1S/C12H25N2O/c1-5-12(3)11(2)7-6-9-14(12)13-8-10-15-4/h11H,5-10H2,1-4H3. The largest absolute Gasteiger partial charge is 0.383 e. The lowest BCUT2D eigenvalue weighted by Crippen LogP contribution is -2.57. The molecule has 1 rings (SSSR count). The second-order valence-corrected chi connectivity index (χ2v) is 4.73. The fourth-order valence-corrected chi connectivity index (χ4v) is 2.38. The van der Waals surface area contributed by atoms with Crippen molar-refractivity contribution >= 4 is 0 Å². The molecule has 1 radical (unpaired) electrons. The van der Waals surface area contributed by atoms with Gasteiger partial charge in [0, 0.05) is 19.2 Å². The third-order valence-corrected chi connectivity index (χ3v) is 3.94. The Balaban J connectivity index is 2.51. The Bertz CT molecular complexity index is 186. The smallest absolute Gasteiger partial charge is 0.0619 e. The van der Waals surface area contributed by atoms with E-state index in [-0.39, 0.29) is 5.54 Å². The summed E-state index contributed by atoms with van der Waals surface area (Å²) in [4.78, 5) is 0. The van der Waals surface area contributed by atoms with Crippen LogP contribution in [0.25, 0.3) is 0 Å². The van der Waals surface area contributed by atoms with Crippen LogP contribution < -0.4 is 5.43 Å². The first-order valence-electron chi connectivity index (χ1n) is 6.09. The molecule has 89 valence electrons. The van der Waals surface area contributed by atoms with Gasteiger partial charge in [0.15, 0.2) is 0 Å². The molecule has 2 unspecified atom stereocenters. The molecule has 3 nitrogen and oxygen atoms in total. The minimum Gasteiger partial charge on any atom is -0.383 e. The highest BCUT2D eigenvalue weighted by atomic mass is 16.5. The SMILES string of the molecule is CCC1(C)C(C)CCCN1[N]CCOC. The Morgan fingerprint density at radius 3 is 2.87 bits per heavy atom. The molecule has 0 spiro atoms. The number of piperidine rings is 1. The highest BCUT2D eigenvalue weighted by Crippen LogP contribution is 2.34. The Morgan fingerprint density at radius 2 is 2.27 bits per heavy atom. The minimum absolute atomic E-state index is 0.256. The van der Waals surface area contributed by atoms with E-state index in [1.165, 1.54) is 19.3 Å². The van der Waals surface area contributed by atoms with E-state index >= 15 is 0 Å². The lowest BCUT2D eigenvalue weighted by atomic mass is 9.78. The Kier molecular flexibility index (Phi) is 5.03. The van der Waals surface area contributed by atoms with Crippen molar-refractivity contribution in [3.8, 4) is 0 Å². The molecule has 0 saturated carbocycles. The maximum Gasteiger partial charge on any atom is 0.0619 e. The number of hydrogen-bond acceptors (Lipinski definition) is 2. The van der Waals surface area contributed by atoms with E-state index in [0.29, 0.717) is 0 Å². The third kappa shape index (κ3) is 2.92.